The number of aromatic nitrogens is 1. The number of hydrogen-bond acceptors (Lipinski definition) is 3. The Kier molecular flexibility index (Phi) is 5.74. The first-order chi connectivity index (χ1) is 13.8. The minimum Gasteiger partial charge on any atom is -0.383 e. The second-order valence-corrected chi connectivity index (χ2v) is 7.14. The molecule has 1 aromatic heterocycles. The molecule has 0 N–H and O–H groups in total. The molecular weight excluding hydrogens is 352 g/mol. The van der Waals surface area contributed by atoms with Crippen molar-refractivity contribution in [3.8, 4) is 0 Å². The maximum absolute atomic E-state index is 13.0. The van der Waals surface area contributed by atoms with E-state index in [4.69, 9.17) is 9.47 Å². The normalized spacial score (nSPS) is 17.2. The molecule has 0 saturated carbocycles. The molecule has 0 unspecified atom stereocenters. The predicted octanol–water partition coefficient (Wildman–Crippen LogP) is 3.43. The molecule has 1 amide bonds. The minimum atomic E-state index is -0.0538. The molecule has 4 rings (SSSR count). The Hall–Kier alpha value is -2.63. The Balaban J connectivity index is 1.50. The van der Waals surface area contributed by atoms with E-state index in [1.807, 2.05) is 35.2 Å². The summed E-state index contributed by atoms with van der Waals surface area (Å²) in [6.07, 6.45) is 2.44. The van der Waals surface area contributed by atoms with Crippen molar-refractivity contribution in [2.75, 3.05) is 33.4 Å². The van der Waals surface area contributed by atoms with Gasteiger partial charge in [-0.05, 0) is 17.2 Å². The van der Waals surface area contributed by atoms with Gasteiger partial charge in [0.25, 0.3) is 0 Å². The van der Waals surface area contributed by atoms with Crippen LogP contribution in [0.25, 0.3) is 10.9 Å². The Labute approximate surface area is 165 Å². The van der Waals surface area contributed by atoms with Crippen LogP contribution in [-0.4, -0.2) is 48.8 Å². The highest BCUT2D eigenvalue weighted by atomic mass is 16.5. The number of carbonyl (C=O) groups excluding carboxylic acids is 1. The minimum absolute atomic E-state index is 0.0538. The Bertz CT molecular complexity index is 935. The average Bonchev–Trinajstić information content (AvgIpc) is 3.10. The number of para-hydroxylation sites is 1. The van der Waals surface area contributed by atoms with Crippen molar-refractivity contribution >= 4 is 16.8 Å². The highest BCUT2D eigenvalue weighted by molar-refractivity contribution is 5.89. The van der Waals surface area contributed by atoms with Crippen molar-refractivity contribution in [2.24, 2.45) is 0 Å². The molecule has 28 heavy (non-hydrogen) atoms. The molecule has 2 aromatic carbocycles. The average molecular weight is 378 g/mol. The number of nitrogens with zero attached hydrogens (tertiary/aromatic N) is 2. The van der Waals surface area contributed by atoms with Gasteiger partial charge < -0.3 is 18.9 Å². The van der Waals surface area contributed by atoms with E-state index in [0.717, 1.165) is 28.6 Å². The van der Waals surface area contributed by atoms with E-state index >= 15 is 0 Å². The van der Waals surface area contributed by atoms with Crippen LogP contribution in [0.1, 0.15) is 17.2 Å². The summed E-state index contributed by atoms with van der Waals surface area (Å²) in [4.78, 5) is 15.0. The molecule has 1 aliphatic rings. The molecular formula is C23H26N2O3. The summed E-state index contributed by atoms with van der Waals surface area (Å²) in [5, 5.41) is 1.14. The molecule has 2 heterocycles. The number of methoxy groups -OCH3 is 1. The lowest BCUT2D eigenvalue weighted by molar-refractivity contribution is -0.138. The number of fused-ring (bicyclic) bond motifs is 1. The number of morpholine rings is 1. The molecule has 0 radical (unpaired) electrons. The highest BCUT2D eigenvalue weighted by Gasteiger charge is 2.26. The van der Waals surface area contributed by atoms with E-state index in [1.54, 1.807) is 7.11 Å². The molecule has 146 valence electrons. The third-order valence-electron chi connectivity index (χ3n) is 5.34. The SMILES string of the molecule is COCCn1cc(CC(=O)N2CCO[C@H](c3ccccc3)C2)c2ccccc21. The largest absolute Gasteiger partial charge is 0.383 e. The molecule has 0 bridgehead atoms. The zero-order valence-electron chi connectivity index (χ0n) is 16.2. The number of hydrogen-bond donors (Lipinski definition) is 0. The summed E-state index contributed by atoms with van der Waals surface area (Å²) in [6, 6.07) is 18.4. The molecule has 5 nitrogen and oxygen atoms in total. The van der Waals surface area contributed by atoms with E-state index in [0.29, 0.717) is 32.7 Å². The maximum atomic E-state index is 13.0. The van der Waals surface area contributed by atoms with E-state index in [1.165, 1.54) is 0 Å². The van der Waals surface area contributed by atoms with Crippen LogP contribution in [0.3, 0.4) is 0 Å². The Morgan fingerprint density at radius 1 is 1.14 bits per heavy atom. The van der Waals surface area contributed by atoms with Crippen LogP contribution in [0.15, 0.2) is 60.8 Å². The highest BCUT2D eigenvalue weighted by Crippen LogP contribution is 2.25. The van der Waals surface area contributed by atoms with Gasteiger partial charge in [0.05, 0.1) is 26.2 Å². The third-order valence-corrected chi connectivity index (χ3v) is 5.34. The molecule has 1 fully saturated rings. The quantitative estimate of drug-likeness (QED) is 0.660. The predicted molar refractivity (Wildman–Crippen MR) is 109 cm³/mol. The lowest BCUT2D eigenvalue weighted by Crippen LogP contribution is -2.42. The van der Waals surface area contributed by atoms with Crippen LogP contribution in [0.5, 0.6) is 0 Å². The van der Waals surface area contributed by atoms with Gasteiger partial charge in [0.1, 0.15) is 6.10 Å². The summed E-state index contributed by atoms with van der Waals surface area (Å²) in [6.45, 7) is 3.24. The topological polar surface area (TPSA) is 43.7 Å². The van der Waals surface area contributed by atoms with Crippen LogP contribution >= 0.6 is 0 Å². The Morgan fingerprint density at radius 3 is 2.75 bits per heavy atom. The van der Waals surface area contributed by atoms with Gasteiger partial charge in [-0.3, -0.25) is 4.79 Å². The second-order valence-electron chi connectivity index (χ2n) is 7.14. The third kappa shape index (κ3) is 3.96. The van der Waals surface area contributed by atoms with Crippen molar-refractivity contribution in [1.29, 1.82) is 0 Å². The van der Waals surface area contributed by atoms with Crippen molar-refractivity contribution in [3.63, 3.8) is 0 Å². The van der Waals surface area contributed by atoms with Gasteiger partial charge in [-0.2, -0.15) is 0 Å². The van der Waals surface area contributed by atoms with Crippen LogP contribution in [0.4, 0.5) is 0 Å². The summed E-state index contributed by atoms with van der Waals surface area (Å²) >= 11 is 0. The van der Waals surface area contributed by atoms with Crippen molar-refractivity contribution < 1.29 is 14.3 Å². The van der Waals surface area contributed by atoms with Crippen LogP contribution in [-0.2, 0) is 27.2 Å². The van der Waals surface area contributed by atoms with Gasteiger partial charge in [-0.15, -0.1) is 0 Å². The zero-order chi connectivity index (χ0) is 19.3. The number of benzene rings is 2. The van der Waals surface area contributed by atoms with Gasteiger partial charge in [0.15, 0.2) is 0 Å². The zero-order valence-corrected chi connectivity index (χ0v) is 16.2. The first kappa shape index (κ1) is 18.7. The van der Waals surface area contributed by atoms with E-state index in [-0.39, 0.29) is 12.0 Å². The van der Waals surface area contributed by atoms with Gasteiger partial charge in [-0.1, -0.05) is 48.5 Å². The molecule has 0 spiro atoms. The monoisotopic (exact) mass is 378 g/mol. The van der Waals surface area contributed by atoms with Crippen LogP contribution in [0.2, 0.25) is 0 Å². The van der Waals surface area contributed by atoms with Crippen LogP contribution in [0, 0.1) is 0 Å². The number of rotatable bonds is 6. The fourth-order valence-corrected chi connectivity index (χ4v) is 3.86. The molecule has 0 aliphatic carbocycles. The number of amides is 1. The standard InChI is InChI=1S/C23H26N2O3/c1-27-13-11-24-16-19(20-9-5-6-10-21(20)24)15-23(26)25-12-14-28-22(17-25)18-7-3-2-4-8-18/h2-10,16,22H,11-15,17H2,1H3/t22-/m0/s1. The van der Waals surface area contributed by atoms with E-state index in [9.17, 15) is 4.79 Å². The molecule has 1 saturated heterocycles. The van der Waals surface area contributed by atoms with E-state index in [2.05, 4.69) is 35.0 Å². The molecule has 1 atom stereocenters. The summed E-state index contributed by atoms with van der Waals surface area (Å²) in [5.74, 6) is 0.152. The van der Waals surface area contributed by atoms with Gasteiger partial charge in [0.2, 0.25) is 5.91 Å². The number of carbonyl (C=O) groups is 1. The van der Waals surface area contributed by atoms with Crippen molar-refractivity contribution in [1.82, 2.24) is 9.47 Å². The first-order valence-corrected chi connectivity index (χ1v) is 9.76. The molecule has 1 aliphatic heterocycles. The smallest absolute Gasteiger partial charge is 0.227 e. The molecule has 5 heteroatoms. The summed E-state index contributed by atoms with van der Waals surface area (Å²) in [7, 11) is 1.71. The van der Waals surface area contributed by atoms with E-state index < -0.39 is 0 Å². The lowest BCUT2D eigenvalue weighted by atomic mass is 10.1. The molecule has 3 aromatic rings. The van der Waals surface area contributed by atoms with Gasteiger partial charge in [-0.25, -0.2) is 0 Å². The number of ether oxygens (including phenoxy) is 2. The maximum Gasteiger partial charge on any atom is 0.227 e. The first-order valence-electron chi connectivity index (χ1n) is 9.76. The van der Waals surface area contributed by atoms with Crippen molar-refractivity contribution in [3.05, 3.63) is 71.9 Å². The summed E-state index contributed by atoms with van der Waals surface area (Å²) < 4.78 is 13.3. The van der Waals surface area contributed by atoms with Gasteiger partial charge >= 0.3 is 0 Å². The second kappa shape index (κ2) is 8.59. The summed E-state index contributed by atoms with van der Waals surface area (Å²) in [5.41, 5.74) is 3.34. The fourth-order valence-electron chi connectivity index (χ4n) is 3.86. The van der Waals surface area contributed by atoms with Crippen LogP contribution < -0.4 is 0 Å². The van der Waals surface area contributed by atoms with Crippen molar-refractivity contribution in [2.45, 2.75) is 19.1 Å². The fraction of sp³-hybridized carbons (Fsp3) is 0.348. The van der Waals surface area contributed by atoms with Gasteiger partial charge in [0, 0.05) is 37.3 Å². The lowest BCUT2D eigenvalue weighted by Gasteiger charge is -2.33. The Morgan fingerprint density at radius 2 is 1.93 bits per heavy atom.